The number of likely N-dealkylation sites (tertiary alicyclic amines) is 1. The van der Waals surface area contributed by atoms with Gasteiger partial charge in [-0.3, -0.25) is 9.56 Å². The van der Waals surface area contributed by atoms with Gasteiger partial charge in [0.1, 0.15) is 0 Å². The highest BCUT2D eigenvalue weighted by Crippen LogP contribution is 2.10. The van der Waals surface area contributed by atoms with E-state index in [0.29, 0.717) is 19.0 Å². The van der Waals surface area contributed by atoms with Crippen molar-refractivity contribution >= 4 is 41.0 Å². The first-order valence-corrected chi connectivity index (χ1v) is 7.98. The molecule has 2 aromatic rings. The Morgan fingerprint density at radius 1 is 1.17 bits per heavy atom. The van der Waals surface area contributed by atoms with E-state index in [1.807, 2.05) is 24.3 Å². The van der Waals surface area contributed by atoms with E-state index in [1.54, 1.807) is 4.57 Å². The quantitative estimate of drug-likeness (QED) is 0.446. The van der Waals surface area contributed by atoms with Crippen LogP contribution in [-0.4, -0.2) is 40.0 Å². The molecule has 1 aliphatic heterocycles. The predicted molar refractivity (Wildman–Crippen MR) is 105 cm³/mol. The number of halogens is 1. The zero-order chi connectivity index (χ0) is 15.4. The summed E-state index contributed by atoms with van der Waals surface area (Å²) in [4.78, 5) is 21.4. The average Bonchev–Trinajstić information content (AvgIpc) is 2.71. The van der Waals surface area contributed by atoms with Gasteiger partial charge in [-0.05, 0) is 25.0 Å². The second-order valence-electron chi connectivity index (χ2n) is 5.74. The molecule has 126 valence electrons. The fourth-order valence-corrected chi connectivity index (χ4v) is 2.99. The number of hydrogen-bond acceptors (Lipinski definition) is 2. The smallest absolute Gasteiger partial charge is 0.326 e. The van der Waals surface area contributed by atoms with Crippen molar-refractivity contribution in [2.24, 2.45) is 10.7 Å². The number of rotatable bonds is 3. The fraction of sp³-hybridized carbons (Fsp3) is 0.500. The Hall–Kier alpha value is -1.51. The van der Waals surface area contributed by atoms with Crippen LogP contribution in [0.2, 0.25) is 0 Å². The lowest BCUT2D eigenvalue weighted by molar-refractivity contribution is 0.428. The summed E-state index contributed by atoms with van der Waals surface area (Å²) in [5, 5.41) is 0. The van der Waals surface area contributed by atoms with Crippen molar-refractivity contribution in [2.75, 3.05) is 19.6 Å². The molecule has 7 heteroatoms. The van der Waals surface area contributed by atoms with Crippen molar-refractivity contribution in [3.8, 4) is 0 Å². The van der Waals surface area contributed by atoms with E-state index in [9.17, 15) is 4.79 Å². The summed E-state index contributed by atoms with van der Waals surface area (Å²) in [6.07, 6.45) is 4.90. The summed E-state index contributed by atoms with van der Waals surface area (Å²) >= 11 is 0. The highest BCUT2D eigenvalue weighted by Gasteiger charge is 2.11. The Labute approximate surface area is 152 Å². The summed E-state index contributed by atoms with van der Waals surface area (Å²) in [6, 6.07) is 7.69. The van der Waals surface area contributed by atoms with Gasteiger partial charge < -0.3 is 15.6 Å². The maximum absolute atomic E-state index is 12.0. The van der Waals surface area contributed by atoms with E-state index in [0.717, 1.165) is 24.1 Å². The van der Waals surface area contributed by atoms with Crippen LogP contribution in [0.5, 0.6) is 0 Å². The Morgan fingerprint density at radius 2 is 1.87 bits per heavy atom. The van der Waals surface area contributed by atoms with Crippen molar-refractivity contribution in [3.05, 3.63) is 34.7 Å². The highest BCUT2D eigenvalue weighted by atomic mass is 127. The number of para-hydroxylation sites is 2. The number of H-pyrrole nitrogens is 1. The van der Waals surface area contributed by atoms with E-state index in [1.165, 1.54) is 25.7 Å². The Balaban J connectivity index is 0.00000192. The van der Waals surface area contributed by atoms with Crippen LogP contribution in [0.15, 0.2) is 34.1 Å². The largest absolute Gasteiger partial charge is 0.370 e. The Bertz CT molecular complexity index is 713. The maximum Gasteiger partial charge on any atom is 0.326 e. The number of guanidine groups is 1. The van der Waals surface area contributed by atoms with Crippen LogP contribution in [-0.2, 0) is 6.54 Å². The predicted octanol–water partition coefficient (Wildman–Crippen LogP) is 2.14. The van der Waals surface area contributed by atoms with Gasteiger partial charge in [0.2, 0.25) is 0 Å². The molecule has 23 heavy (non-hydrogen) atoms. The normalized spacial score (nSPS) is 16.2. The first-order valence-electron chi connectivity index (χ1n) is 7.98. The SMILES string of the molecule is I.NC(=NCCn1c(=O)[nH]c2ccccc21)N1CCCCCC1. The lowest BCUT2D eigenvalue weighted by Crippen LogP contribution is -2.38. The summed E-state index contributed by atoms with van der Waals surface area (Å²) in [5.41, 5.74) is 7.77. The molecule has 3 N–H and O–H groups in total. The van der Waals surface area contributed by atoms with Crippen LogP contribution in [0.4, 0.5) is 0 Å². The number of nitrogens with two attached hydrogens (primary N) is 1. The van der Waals surface area contributed by atoms with Crippen molar-refractivity contribution < 1.29 is 0 Å². The molecule has 0 saturated carbocycles. The zero-order valence-electron chi connectivity index (χ0n) is 13.2. The molecule has 0 bridgehead atoms. The number of nitrogens with one attached hydrogen (secondary N) is 1. The van der Waals surface area contributed by atoms with Gasteiger partial charge in [0.25, 0.3) is 0 Å². The summed E-state index contributed by atoms with van der Waals surface area (Å²) in [7, 11) is 0. The summed E-state index contributed by atoms with van der Waals surface area (Å²) in [5.74, 6) is 0.606. The molecule has 0 aliphatic carbocycles. The Morgan fingerprint density at radius 3 is 2.61 bits per heavy atom. The molecule has 1 saturated heterocycles. The van der Waals surface area contributed by atoms with E-state index in [4.69, 9.17) is 5.73 Å². The van der Waals surface area contributed by atoms with E-state index in [2.05, 4.69) is 14.9 Å². The van der Waals surface area contributed by atoms with Gasteiger partial charge >= 0.3 is 5.69 Å². The number of benzene rings is 1. The van der Waals surface area contributed by atoms with Crippen LogP contribution < -0.4 is 11.4 Å². The third-order valence-electron chi connectivity index (χ3n) is 4.21. The molecule has 1 aliphatic rings. The van der Waals surface area contributed by atoms with Crippen LogP contribution in [0.3, 0.4) is 0 Å². The van der Waals surface area contributed by atoms with Crippen LogP contribution >= 0.6 is 24.0 Å². The number of aromatic nitrogens is 2. The summed E-state index contributed by atoms with van der Waals surface area (Å²) in [6.45, 7) is 3.03. The van der Waals surface area contributed by atoms with Crippen molar-refractivity contribution in [1.29, 1.82) is 0 Å². The second-order valence-corrected chi connectivity index (χ2v) is 5.74. The lowest BCUT2D eigenvalue weighted by Gasteiger charge is -2.21. The molecule has 0 atom stereocenters. The van der Waals surface area contributed by atoms with Crippen LogP contribution in [0.1, 0.15) is 25.7 Å². The molecule has 0 spiro atoms. The van der Waals surface area contributed by atoms with Gasteiger partial charge in [0, 0.05) is 19.6 Å². The molecule has 1 aromatic carbocycles. The number of hydrogen-bond donors (Lipinski definition) is 2. The van der Waals surface area contributed by atoms with Gasteiger partial charge in [-0.1, -0.05) is 25.0 Å². The number of nitrogens with zero attached hydrogens (tertiary/aromatic N) is 3. The fourth-order valence-electron chi connectivity index (χ4n) is 2.99. The molecule has 6 nitrogen and oxygen atoms in total. The Kier molecular flexibility index (Phi) is 6.49. The van der Waals surface area contributed by atoms with Gasteiger partial charge in [-0.2, -0.15) is 0 Å². The van der Waals surface area contributed by atoms with E-state index < -0.39 is 0 Å². The molecule has 3 rings (SSSR count). The van der Waals surface area contributed by atoms with Crippen LogP contribution in [0.25, 0.3) is 11.0 Å². The van der Waals surface area contributed by atoms with Crippen molar-refractivity contribution in [3.63, 3.8) is 0 Å². The molecule has 0 radical (unpaired) electrons. The van der Waals surface area contributed by atoms with Crippen molar-refractivity contribution in [2.45, 2.75) is 32.2 Å². The van der Waals surface area contributed by atoms with E-state index >= 15 is 0 Å². The lowest BCUT2D eigenvalue weighted by atomic mass is 10.2. The molecular formula is C16H24IN5O. The first kappa shape index (κ1) is 17.8. The molecule has 1 fully saturated rings. The van der Waals surface area contributed by atoms with Gasteiger partial charge in [-0.15, -0.1) is 24.0 Å². The molecule has 0 unspecified atom stereocenters. The molecule has 1 aromatic heterocycles. The van der Waals surface area contributed by atoms with Gasteiger partial charge in [0.15, 0.2) is 5.96 Å². The second kappa shape index (κ2) is 8.37. The number of imidazole rings is 1. The topological polar surface area (TPSA) is 79.4 Å². The molecule has 2 heterocycles. The van der Waals surface area contributed by atoms with Crippen molar-refractivity contribution in [1.82, 2.24) is 14.5 Å². The van der Waals surface area contributed by atoms with Gasteiger partial charge in [-0.25, -0.2) is 4.79 Å². The van der Waals surface area contributed by atoms with E-state index in [-0.39, 0.29) is 29.7 Å². The highest BCUT2D eigenvalue weighted by molar-refractivity contribution is 14.0. The standard InChI is InChI=1S/C16H23N5O.HI/c17-15(20-10-5-1-2-6-11-20)18-9-12-21-14-8-4-3-7-13(14)19-16(21)22;/h3-4,7-8H,1-2,5-6,9-12H2,(H2,17,18)(H,19,22);1H. The monoisotopic (exact) mass is 429 g/mol. The van der Waals surface area contributed by atoms with Crippen LogP contribution in [0, 0.1) is 0 Å². The minimum Gasteiger partial charge on any atom is -0.370 e. The minimum absolute atomic E-state index is 0. The summed E-state index contributed by atoms with van der Waals surface area (Å²) < 4.78 is 1.72. The number of aromatic amines is 1. The third kappa shape index (κ3) is 4.27. The maximum atomic E-state index is 12.0. The first-order chi connectivity index (χ1) is 10.8. The molecule has 0 amide bonds. The zero-order valence-corrected chi connectivity index (χ0v) is 15.5. The van der Waals surface area contributed by atoms with Gasteiger partial charge in [0.05, 0.1) is 17.6 Å². The molecular weight excluding hydrogens is 405 g/mol. The number of fused-ring (bicyclic) bond motifs is 1. The average molecular weight is 429 g/mol. The third-order valence-corrected chi connectivity index (χ3v) is 4.21. The number of aliphatic imine (C=N–C) groups is 1. The minimum atomic E-state index is -0.0928.